The summed E-state index contributed by atoms with van der Waals surface area (Å²) in [6.45, 7) is 26.6. The summed E-state index contributed by atoms with van der Waals surface area (Å²) in [5.41, 5.74) is 9.76. The van der Waals surface area contributed by atoms with Crippen molar-refractivity contribution in [2.45, 2.75) is 323 Å². The van der Waals surface area contributed by atoms with Gasteiger partial charge in [-0.1, -0.05) is 202 Å². The van der Waals surface area contributed by atoms with Crippen LogP contribution in [-0.2, 0) is 14.3 Å². The zero-order valence-electron chi connectivity index (χ0n) is 68.4. The van der Waals surface area contributed by atoms with Crippen LogP contribution in [0.1, 0.15) is 323 Å². The van der Waals surface area contributed by atoms with Crippen LogP contribution in [-0.4, -0.2) is 186 Å². The van der Waals surface area contributed by atoms with E-state index in [0.717, 1.165) is 84.9 Å². The van der Waals surface area contributed by atoms with Crippen LogP contribution < -0.4 is 59.3 Å². The molecule has 5 unspecified atom stereocenters. The number of esters is 2. The fraction of sp³-hybridized carbons (Fsp3) is 0.735. The predicted molar refractivity (Wildman–Crippen MR) is 429 cm³/mol. The molecule has 5 saturated carbocycles. The van der Waals surface area contributed by atoms with Crippen molar-refractivity contribution in [3.05, 3.63) is 106 Å². The molecule has 3 aromatic carbocycles. The number of alkyl halides is 1. The third kappa shape index (κ3) is 49.1. The number of quaternary nitrogens is 1. The van der Waals surface area contributed by atoms with Crippen molar-refractivity contribution in [1.82, 2.24) is 9.80 Å². The minimum absolute atomic E-state index is 0. The number of carboxylic acid groups (broad SMARTS) is 1. The fourth-order valence-electron chi connectivity index (χ4n) is 13.8. The SMILES string of the molecule is CC(C)c1ccccc1C(=O)O.CC(CN(C)C1CCCCC1)OC(=O)c1ccccc1C(C)C.CC(C[N+](C)(C)C1CCCCC1)OC(=O)c1ccccc1C(C)C.CC(O)CCC1CCCCC1.CC(O)CN.CC(O)CN(C)C1CCCCC1.CCO.CI.O=C1CCCCC1.[B].[H-].[I-].[Na+]. The first-order valence-electron chi connectivity index (χ1n) is 38.4. The minimum Gasteiger partial charge on any atom is -1.00 e. The summed E-state index contributed by atoms with van der Waals surface area (Å²) in [5, 5.41) is 42.9. The number of aliphatic hydroxyl groups excluding tert-OH is 4. The Hall–Kier alpha value is -2.06. The second kappa shape index (κ2) is 63.8. The maximum atomic E-state index is 12.6. The summed E-state index contributed by atoms with van der Waals surface area (Å²) in [5.74, 6) is 1.06. The van der Waals surface area contributed by atoms with Crippen LogP contribution in [0.4, 0.5) is 0 Å². The molecule has 0 heterocycles. The van der Waals surface area contributed by atoms with Crippen molar-refractivity contribution in [3.63, 3.8) is 0 Å². The Morgan fingerprint density at radius 3 is 1.19 bits per heavy atom. The zero-order chi connectivity index (χ0) is 74.9. The Kier molecular flexibility index (Phi) is 66.5. The van der Waals surface area contributed by atoms with Crippen LogP contribution in [0.2, 0.25) is 0 Å². The molecule has 5 fully saturated rings. The number of ether oxygens (including phenoxy) is 2. The van der Waals surface area contributed by atoms with Gasteiger partial charge in [0.25, 0.3) is 0 Å². The van der Waals surface area contributed by atoms with Crippen LogP contribution in [0.15, 0.2) is 72.8 Å². The number of nitrogens with two attached hydrogens (primary N) is 1. The van der Waals surface area contributed by atoms with Crippen LogP contribution in [0, 0.1) is 5.92 Å². The molecular formula is C83H147BI2N4NaO11. The second-order valence-electron chi connectivity index (χ2n) is 30.0. The normalized spacial score (nSPS) is 17.1. The van der Waals surface area contributed by atoms with Gasteiger partial charge in [0.1, 0.15) is 24.5 Å². The number of ketones is 1. The molecule has 102 heavy (non-hydrogen) atoms. The molecule has 0 saturated heterocycles. The molecule has 5 aliphatic carbocycles. The van der Waals surface area contributed by atoms with E-state index in [2.05, 4.69) is 88.3 Å². The molecule has 0 aromatic heterocycles. The Bertz CT molecular complexity index is 2540. The second-order valence-corrected chi connectivity index (χ2v) is 30.0. The molecule has 7 N–H and O–H groups in total. The number of carbonyl (C=O) groups excluding carboxylic acids is 3. The molecule has 8 rings (SSSR count). The van der Waals surface area contributed by atoms with E-state index in [0.29, 0.717) is 52.9 Å². The van der Waals surface area contributed by atoms with Gasteiger partial charge in [-0.3, -0.25) is 9.69 Å². The van der Waals surface area contributed by atoms with E-state index in [1.165, 1.54) is 141 Å². The monoisotopic (exact) mass is 1660 g/mol. The Morgan fingerprint density at radius 2 is 0.863 bits per heavy atom. The zero-order valence-corrected chi connectivity index (χ0v) is 73.7. The van der Waals surface area contributed by atoms with Crippen molar-refractivity contribution in [2.75, 3.05) is 65.9 Å². The summed E-state index contributed by atoms with van der Waals surface area (Å²) in [4.78, 5) is 52.9. The first kappa shape index (κ1) is 106. The number of halogens is 2. The van der Waals surface area contributed by atoms with Gasteiger partial charge < -0.3 is 75.5 Å². The van der Waals surface area contributed by atoms with Crippen molar-refractivity contribution in [1.29, 1.82) is 0 Å². The first-order chi connectivity index (χ1) is 47.0. The Morgan fingerprint density at radius 1 is 0.539 bits per heavy atom. The van der Waals surface area contributed by atoms with Crippen LogP contribution in [0.5, 0.6) is 0 Å². The number of rotatable bonds is 21. The van der Waals surface area contributed by atoms with Crippen molar-refractivity contribution in [2.24, 2.45) is 11.7 Å². The van der Waals surface area contributed by atoms with E-state index in [4.69, 9.17) is 35.6 Å². The van der Waals surface area contributed by atoms with E-state index in [1.807, 2.05) is 107 Å². The third-order valence-corrected chi connectivity index (χ3v) is 19.3. The number of nitrogens with zero attached hydrogens (tertiary/aromatic N) is 3. The topological polar surface area (TPSA) is 220 Å². The average molecular weight is 1660 g/mol. The van der Waals surface area contributed by atoms with Gasteiger partial charge in [-0.15, -0.1) is 0 Å². The molecule has 0 bridgehead atoms. The quantitative estimate of drug-likeness (QED) is 0.0192. The number of Topliss-reactive ketones (excluding diaryl/α,β-unsaturated/α-hetero) is 1. The minimum atomic E-state index is -0.848. The molecule has 5 aliphatic rings. The van der Waals surface area contributed by atoms with Gasteiger partial charge in [0.2, 0.25) is 0 Å². The van der Waals surface area contributed by atoms with E-state index < -0.39 is 5.97 Å². The van der Waals surface area contributed by atoms with Gasteiger partial charge in [0, 0.05) is 59.6 Å². The Balaban J connectivity index is -0.000000374. The summed E-state index contributed by atoms with van der Waals surface area (Å²) >= 11 is 2.15. The fourth-order valence-corrected chi connectivity index (χ4v) is 13.8. The van der Waals surface area contributed by atoms with E-state index in [9.17, 15) is 24.3 Å². The maximum absolute atomic E-state index is 12.6. The van der Waals surface area contributed by atoms with E-state index in [1.54, 1.807) is 26.0 Å². The van der Waals surface area contributed by atoms with Crippen LogP contribution >= 0.6 is 22.6 Å². The van der Waals surface area contributed by atoms with Gasteiger partial charge in [-0.05, 0) is 196 Å². The number of carboxylic acids is 1. The van der Waals surface area contributed by atoms with E-state index >= 15 is 0 Å². The van der Waals surface area contributed by atoms with E-state index in [-0.39, 0.29) is 118 Å². The summed E-state index contributed by atoms with van der Waals surface area (Å²) in [7, 11) is 8.84. The van der Waals surface area contributed by atoms with Gasteiger partial charge >= 0.3 is 47.5 Å². The number of hydrogen-bond donors (Lipinski definition) is 6. The molecule has 3 radical (unpaired) electrons. The average Bonchev–Trinajstić information content (AvgIpc) is 0.861. The third-order valence-electron chi connectivity index (χ3n) is 19.3. The van der Waals surface area contributed by atoms with Crippen molar-refractivity contribution < 1.29 is 114 Å². The molecule has 0 spiro atoms. The smallest absolute Gasteiger partial charge is 1.00 e. The number of carbonyl (C=O) groups is 4. The van der Waals surface area contributed by atoms with Gasteiger partial charge in [-0.2, -0.15) is 0 Å². The molecule has 3 aromatic rings. The number of hydrogen-bond acceptors (Lipinski definition) is 13. The maximum Gasteiger partial charge on any atom is 1.00 e. The molecular weight excluding hydrogens is 1520 g/mol. The van der Waals surface area contributed by atoms with Gasteiger partial charge in [0.05, 0.1) is 55.1 Å². The van der Waals surface area contributed by atoms with Crippen LogP contribution in [0.25, 0.3) is 0 Å². The first-order valence-corrected chi connectivity index (χ1v) is 40.5. The summed E-state index contributed by atoms with van der Waals surface area (Å²) in [6.07, 6.45) is 33.8. The number of benzene rings is 3. The summed E-state index contributed by atoms with van der Waals surface area (Å²) < 4.78 is 12.5. The summed E-state index contributed by atoms with van der Waals surface area (Å²) in [6, 6.07) is 24.7. The number of aliphatic hydroxyl groups is 4. The molecule has 19 heteroatoms. The molecule has 583 valence electrons. The van der Waals surface area contributed by atoms with Gasteiger partial charge in [-0.25, -0.2) is 14.4 Å². The molecule has 15 nitrogen and oxygen atoms in total. The molecule has 5 atom stereocenters. The number of likely N-dealkylation sites (N-methyl/N-ethyl adjacent to an activating group) is 3. The standard InChI is InChI=1S/C21H34NO2.C20H31NO2.C10H21NO.C10H12O2.C10H20O.C6H10O.C3H9NO.C2H6O.CH3I.B.HI.Na.H/c1-16(2)19-13-9-10-14-20(19)21(23)24-17(3)15-22(4,5)18-11-7-6-8-12-18;1-15(2)18-12-8-9-13-19(18)20(22)23-16(3)14-21(4)17-10-6-5-7-11-17;1-9(12)8-11(2)10-6-4-3-5-7-10;1-7(2)8-5-3-4-6-9(8)10(11)12;1-9(11)7-8-10-5-3-2-4-6-10;7-6-4-2-1-3-5-6;1-3(5)2-4;1-2-3;1-2;;;;/h9-10,13-14,16-18H,6-8,11-12,15H2,1-5H3;8-9,12-13,15-17H,5-7,10-11,14H2,1-4H3;9-10,12H,3-8H2,1-2H3;3-7H,1-2H3,(H,11,12);9-11H,2-8H2,1H3;1-5H2;3,5H,2,4H2,1H3;3H,2H2,1H3;1H3;;1H;;/q+1;;;;;;;;;;;+1;-1/p-1. The van der Waals surface area contributed by atoms with Crippen molar-refractivity contribution >= 4 is 54.7 Å². The van der Waals surface area contributed by atoms with Gasteiger partial charge in [0.15, 0.2) is 0 Å². The largest absolute Gasteiger partial charge is 1.00 e. The Labute approximate surface area is 679 Å². The molecule has 0 amide bonds. The predicted octanol–water partition coefficient (Wildman–Crippen LogP) is 11.9. The molecule has 0 aliphatic heterocycles. The van der Waals surface area contributed by atoms with Crippen LogP contribution in [0.3, 0.4) is 0 Å². The number of aromatic carboxylic acids is 1. The van der Waals surface area contributed by atoms with Crippen molar-refractivity contribution in [3.8, 4) is 0 Å².